The average molecular weight is 390 g/mol. The Labute approximate surface area is 159 Å². The topological polar surface area (TPSA) is 84.2 Å². The van der Waals surface area contributed by atoms with Crippen LogP contribution in [-0.2, 0) is 11.2 Å². The third kappa shape index (κ3) is 4.12. The van der Waals surface area contributed by atoms with Gasteiger partial charge in [0.05, 0.1) is 22.7 Å². The molecule has 2 N–H and O–H groups in total. The number of amides is 2. The van der Waals surface area contributed by atoms with Crippen LogP contribution in [0.4, 0.5) is 5.69 Å². The molecule has 134 valence electrons. The minimum atomic E-state index is -0.316. The molecule has 0 aliphatic heterocycles. The zero-order chi connectivity index (χ0) is 18.7. The number of rotatable bonds is 5. The van der Waals surface area contributed by atoms with Gasteiger partial charge in [-0.3, -0.25) is 9.59 Å². The van der Waals surface area contributed by atoms with E-state index in [0.717, 1.165) is 10.8 Å². The molecule has 8 heteroatoms. The number of hydrogen-bond donors (Lipinski definition) is 2. The lowest BCUT2D eigenvalue weighted by molar-refractivity contribution is -0.115. The highest BCUT2D eigenvalue weighted by atomic mass is 35.5. The molecule has 0 aliphatic carbocycles. The summed E-state index contributed by atoms with van der Waals surface area (Å²) in [5.74, 6) is 0.947. The SMILES string of the molecule is CNC(=O)c1cc(NC(=O)Cc2csc(-c3ccc(C)o3)n2)ccc1Cl. The predicted octanol–water partition coefficient (Wildman–Crippen LogP) is 3.91. The van der Waals surface area contributed by atoms with E-state index in [-0.39, 0.29) is 18.2 Å². The zero-order valence-electron chi connectivity index (χ0n) is 14.1. The van der Waals surface area contributed by atoms with Crippen molar-refractivity contribution in [3.63, 3.8) is 0 Å². The van der Waals surface area contributed by atoms with Gasteiger partial charge in [-0.25, -0.2) is 4.98 Å². The minimum absolute atomic E-state index is 0.119. The Hall–Kier alpha value is -2.64. The van der Waals surface area contributed by atoms with E-state index in [0.29, 0.717) is 27.7 Å². The number of benzene rings is 1. The highest BCUT2D eigenvalue weighted by Gasteiger charge is 2.13. The van der Waals surface area contributed by atoms with Crippen molar-refractivity contribution >= 4 is 40.4 Å². The van der Waals surface area contributed by atoms with Crippen molar-refractivity contribution in [1.29, 1.82) is 0 Å². The Kier molecular flexibility index (Phi) is 5.39. The monoisotopic (exact) mass is 389 g/mol. The lowest BCUT2D eigenvalue weighted by Crippen LogP contribution is -2.19. The number of hydrogen-bond acceptors (Lipinski definition) is 5. The quantitative estimate of drug-likeness (QED) is 0.693. The molecule has 0 radical (unpaired) electrons. The van der Waals surface area contributed by atoms with Crippen LogP contribution in [-0.4, -0.2) is 23.8 Å². The van der Waals surface area contributed by atoms with Crippen molar-refractivity contribution in [1.82, 2.24) is 10.3 Å². The molecule has 1 aromatic carbocycles. The number of nitrogens with one attached hydrogen (secondary N) is 2. The van der Waals surface area contributed by atoms with Crippen molar-refractivity contribution in [2.24, 2.45) is 0 Å². The minimum Gasteiger partial charge on any atom is -0.459 e. The summed E-state index contributed by atoms with van der Waals surface area (Å²) in [6, 6.07) is 8.48. The molecule has 0 unspecified atom stereocenters. The second-order valence-electron chi connectivity index (χ2n) is 5.55. The second kappa shape index (κ2) is 7.72. The fourth-order valence-corrected chi connectivity index (χ4v) is 3.32. The number of aromatic nitrogens is 1. The van der Waals surface area contributed by atoms with Crippen LogP contribution in [0.15, 0.2) is 40.1 Å². The van der Waals surface area contributed by atoms with E-state index in [1.807, 2.05) is 24.4 Å². The Balaban J connectivity index is 1.68. The summed E-state index contributed by atoms with van der Waals surface area (Å²) in [5.41, 5.74) is 1.45. The summed E-state index contributed by atoms with van der Waals surface area (Å²) in [7, 11) is 1.52. The van der Waals surface area contributed by atoms with Crippen LogP contribution >= 0.6 is 22.9 Å². The number of carbonyl (C=O) groups is 2. The number of aryl methyl sites for hydroxylation is 1. The van der Waals surface area contributed by atoms with Crippen molar-refractivity contribution in [3.8, 4) is 10.8 Å². The molecule has 0 fully saturated rings. The first-order valence-corrected chi connectivity index (χ1v) is 9.04. The normalized spacial score (nSPS) is 10.6. The molecule has 0 spiro atoms. The molecule has 2 aromatic heterocycles. The van der Waals surface area contributed by atoms with E-state index >= 15 is 0 Å². The van der Waals surface area contributed by atoms with E-state index in [1.165, 1.54) is 24.5 Å². The van der Waals surface area contributed by atoms with Gasteiger partial charge in [-0.1, -0.05) is 11.6 Å². The first-order valence-electron chi connectivity index (χ1n) is 7.79. The molecular formula is C18H16ClN3O3S. The number of thiazole rings is 1. The molecule has 2 amide bonds. The number of carbonyl (C=O) groups excluding carboxylic acids is 2. The first-order chi connectivity index (χ1) is 12.5. The molecule has 0 bridgehead atoms. The van der Waals surface area contributed by atoms with Crippen LogP contribution in [0.1, 0.15) is 21.8 Å². The standard InChI is InChI=1S/C18H16ClN3O3S/c1-10-3-6-15(25-10)18-22-12(9-26-18)8-16(23)21-11-4-5-14(19)13(7-11)17(24)20-2/h3-7,9H,8H2,1-2H3,(H,20,24)(H,21,23). The lowest BCUT2D eigenvalue weighted by Gasteiger charge is -2.08. The van der Waals surface area contributed by atoms with E-state index < -0.39 is 0 Å². The number of nitrogens with zero attached hydrogens (tertiary/aromatic N) is 1. The van der Waals surface area contributed by atoms with Gasteiger partial charge in [0, 0.05) is 18.1 Å². The van der Waals surface area contributed by atoms with Gasteiger partial charge < -0.3 is 15.1 Å². The largest absolute Gasteiger partial charge is 0.459 e. The van der Waals surface area contributed by atoms with Crippen molar-refractivity contribution in [3.05, 3.63) is 57.8 Å². The molecule has 0 atom stereocenters. The van der Waals surface area contributed by atoms with Crippen LogP contribution in [0, 0.1) is 6.92 Å². The van der Waals surface area contributed by atoms with Gasteiger partial charge >= 0.3 is 0 Å². The number of anilines is 1. The molecule has 6 nitrogen and oxygen atoms in total. The maximum absolute atomic E-state index is 12.3. The smallest absolute Gasteiger partial charge is 0.252 e. The molecule has 3 aromatic rings. The predicted molar refractivity (Wildman–Crippen MR) is 102 cm³/mol. The van der Waals surface area contributed by atoms with E-state index in [2.05, 4.69) is 15.6 Å². The molecule has 0 saturated heterocycles. The fourth-order valence-electron chi connectivity index (χ4n) is 2.33. The number of halogens is 1. The maximum Gasteiger partial charge on any atom is 0.252 e. The first kappa shape index (κ1) is 18.2. The molecule has 0 aliphatic rings. The van der Waals surface area contributed by atoms with Gasteiger partial charge in [-0.15, -0.1) is 11.3 Å². The third-order valence-electron chi connectivity index (χ3n) is 3.57. The number of furan rings is 1. The maximum atomic E-state index is 12.3. The fraction of sp³-hybridized carbons (Fsp3) is 0.167. The van der Waals surface area contributed by atoms with E-state index in [9.17, 15) is 9.59 Å². The molecule has 0 saturated carbocycles. The third-order valence-corrected chi connectivity index (χ3v) is 4.80. The summed E-state index contributed by atoms with van der Waals surface area (Å²) < 4.78 is 5.54. The highest BCUT2D eigenvalue weighted by molar-refractivity contribution is 7.13. The zero-order valence-corrected chi connectivity index (χ0v) is 15.7. The Morgan fingerprint density at radius 1 is 1.27 bits per heavy atom. The second-order valence-corrected chi connectivity index (χ2v) is 6.82. The van der Waals surface area contributed by atoms with Crippen LogP contribution in [0.2, 0.25) is 5.02 Å². The molecule has 26 heavy (non-hydrogen) atoms. The molecule has 2 heterocycles. The van der Waals surface area contributed by atoms with Gasteiger partial charge in [0.2, 0.25) is 5.91 Å². The van der Waals surface area contributed by atoms with Gasteiger partial charge in [-0.05, 0) is 37.3 Å². The Bertz CT molecular complexity index is 964. The van der Waals surface area contributed by atoms with Crippen molar-refractivity contribution in [2.45, 2.75) is 13.3 Å². The van der Waals surface area contributed by atoms with Crippen LogP contribution < -0.4 is 10.6 Å². The summed E-state index contributed by atoms with van der Waals surface area (Å²) in [4.78, 5) is 28.5. The average Bonchev–Trinajstić information content (AvgIpc) is 3.24. The highest BCUT2D eigenvalue weighted by Crippen LogP contribution is 2.26. The molecular weight excluding hydrogens is 374 g/mol. The van der Waals surface area contributed by atoms with Gasteiger partial charge in [0.25, 0.3) is 5.91 Å². The van der Waals surface area contributed by atoms with Crippen LogP contribution in [0.3, 0.4) is 0 Å². The van der Waals surface area contributed by atoms with Gasteiger partial charge in [0.15, 0.2) is 10.8 Å². The Morgan fingerprint density at radius 2 is 2.08 bits per heavy atom. The van der Waals surface area contributed by atoms with E-state index in [1.54, 1.807) is 12.1 Å². The summed E-state index contributed by atoms with van der Waals surface area (Å²) in [6.07, 6.45) is 0.119. The van der Waals surface area contributed by atoms with Gasteiger partial charge in [0.1, 0.15) is 5.76 Å². The van der Waals surface area contributed by atoms with Crippen LogP contribution in [0.25, 0.3) is 10.8 Å². The summed E-state index contributed by atoms with van der Waals surface area (Å²) in [5, 5.41) is 8.14. The Morgan fingerprint density at radius 3 is 2.77 bits per heavy atom. The van der Waals surface area contributed by atoms with Crippen molar-refractivity contribution < 1.29 is 14.0 Å². The molecule has 3 rings (SSSR count). The summed E-state index contributed by atoms with van der Waals surface area (Å²) in [6.45, 7) is 1.87. The lowest BCUT2D eigenvalue weighted by atomic mass is 10.2. The van der Waals surface area contributed by atoms with Crippen LogP contribution in [0.5, 0.6) is 0 Å². The van der Waals surface area contributed by atoms with Crippen molar-refractivity contribution in [2.75, 3.05) is 12.4 Å². The van der Waals surface area contributed by atoms with Gasteiger partial charge in [-0.2, -0.15) is 0 Å². The van der Waals surface area contributed by atoms with E-state index in [4.69, 9.17) is 16.0 Å². The summed E-state index contributed by atoms with van der Waals surface area (Å²) >= 11 is 7.43.